The Morgan fingerprint density at radius 2 is 1.89 bits per heavy atom. The highest BCUT2D eigenvalue weighted by Gasteiger charge is 2.28. The molecule has 1 heterocycles. The summed E-state index contributed by atoms with van der Waals surface area (Å²) in [5.74, 6) is 0.931. The molecule has 4 heteroatoms. The Balaban J connectivity index is 1.80. The van der Waals surface area contributed by atoms with E-state index in [1.807, 2.05) is 0 Å². The number of carbonyl (C=O) groups is 1. The summed E-state index contributed by atoms with van der Waals surface area (Å²) in [4.78, 5) is 16.7. The van der Waals surface area contributed by atoms with Crippen LogP contribution in [0, 0.1) is 5.92 Å². The van der Waals surface area contributed by atoms with Crippen LogP contribution in [-0.4, -0.2) is 54.5 Å². The molecule has 1 aliphatic carbocycles. The van der Waals surface area contributed by atoms with Crippen LogP contribution in [0.5, 0.6) is 0 Å². The quantitative estimate of drug-likeness (QED) is 0.800. The summed E-state index contributed by atoms with van der Waals surface area (Å²) in [6.07, 6.45) is 5.19. The van der Waals surface area contributed by atoms with E-state index in [0.29, 0.717) is 23.9 Å². The third-order valence-corrected chi connectivity index (χ3v) is 4.51. The first-order valence-corrected chi connectivity index (χ1v) is 7.30. The van der Waals surface area contributed by atoms with Crippen molar-refractivity contribution in [2.24, 2.45) is 11.7 Å². The van der Waals surface area contributed by atoms with Crippen molar-refractivity contribution in [2.75, 3.05) is 26.7 Å². The largest absolute Gasteiger partial charge is 0.337 e. The molecule has 2 N–H and O–H groups in total. The third-order valence-electron chi connectivity index (χ3n) is 4.51. The number of rotatable bonds is 2. The van der Waals surface area contributed by atoms with Gasteiger partial charge in [0.15, 0.2) is 0 Å². The van der Waals surface area contributed by atoms with E-state index in [1.165, 1.54) is 0 Å². The number of carbonyl (C=O) groups excluding carboxylic acids is 1. The smallest absolute Gasteiger partial charge is 0.223 e. The van der Waals surface area contributed by atoms with Gasteiger partial charge in [0.05, 0.1) is 0 Å². The summed E-state index contributed by atoms with van der Waals surface area (Å²) in [5, 5.41) is 0. The van der Waals surface area contributed by atoms with Crippen molar-refractivity contribution in [3.05, 3.63) is 0 Å². The Labute approximate surface area is 110 Å². The molecule has 1 saturated carbocycles. The molecule has 0 aromatic heterocycles. The average Bonchev–Trinajstić information content (AvgIpc) is 2.32. The number of amides is 1. The summed E-state index contributed by atoms with van der Waals surface area (Å²) < 4.78 is 0. The normalized spacial score (nSPS) is 34.6. The Morgan fingerprint density at radius 3 is 2.50 bits per heavy atom. The van der Waals surface area contributed by atoms with Gasteiger partial charge in [-0.1, -0.05) is 0 Å². The summed E-state index contributed by atoms with van der Waals surface area (Å²) in [6.45, 7) is 5.06. The number of nitrogens with zero attached hydrogens (tertiary/aromatic N) is 2. The SMILES string of the molecule is CC1CN(C)CCN1C(=O)CC1CCC(N)CC1. The lowest BCUT2D eigenvalue weighted by Crippen LogP contribution is -2.53. The molecule has 104 valence electrons. The Morgan fingerprint density at radius 1 is 1.22 bits per heavy atom. The van der Waals surface area contributed by atoms with Gasteiger partial charge in [0.1, 0.15) is 0 Å². The van der Waals surface area contributed by atoms with Gasteiger partial charge in [0.2, 0.25) is 5.91 Å². The second kappa shape index (κ2) is 6.02. The first-order valence-electron chi connectivity index (χ1n) is 7.30. The van der Waals surface area contributed by atoms with Crippen LogP contribution in [0.4, 0.5) is 0 Å². The molecule has 1 saturated heterocycles. The standard InChI is InChI=1S/C14H27N3O/c1-11-10-16(2)7-8-17(11)14(18)9-12-3-5-13(15)6-4-12/h11-13H,3-10,15H2,1-2H3. The summed E-state index contributed by atoms with van der Waals surface area (Å²) in [7, 11) is 2.13. The Hall–Kier alpha value is -0.610. The van der Waals surface area contributed by atoms with Crippen LogP contribution in [0.2, 0.25) is 0 Å². The average molecular weight is 253 g/mol. The highest BCUT2D eigenvalue weighted by atomic mass is 16.2. The van der Waals surface area contributed by atoms with Gasteiger partial charge in [0.25, 0.3) is 0 Å². The maximum absolute atomic E-state index is 12.3. The van der Waals surface area contributed by atoms with Gasteiger partial charge in [-0.3, -0.25) is 4.79 Å². The van der Waals surface area contributed by atoms with Crippen LogP contribution in [0.1, 0.15) is 39.0 Å². The lowest BCUT2D eigenvalue weighted by molar-refractivity contribution is -0.136. The molecule has 1 atom stereocenters. The summed E-state index contributed by atoms with van der Waals surface area (Å²) >= 11 is 0. The summed E-state index contributed by atoms with van der Waals surface area (Å²) in [6, 6.07) is 0.737. The minimum atomic E-state index is 0.357. The number of hydrogen-bond acceptors (Lipinski definition) is 3. The Bertz CT molecular complexity index is 287. The lowest BCUT2D eigenvalue weighted by Gasteiger charge is -2.39. The molecule has 2 fully saturated rings. The molecule has 1 aliphatic heterocycles. The van der Waals surface area contributed by atoms with Gasteiger partial charge in [0, 0.05) is 38.1 Å². The topological polar surface area (TPSA) is 49.6 Å². The number of hydrogen-bond donors (Lipinski definition) is 1. The second-order valence-electron chi connectivity index (χ2n) is 6.18. The molecule has 0 aromatic carbocycles. The fourth-order valence-corrected chi connectivity index (χ4v) is 3.27. The second-order valence-corrected chi connectivity index (χ2v) is 6.18. The first-order chi connectivity index (χ1) is 8.56. The predicted molar refractivity (Wildman–Crippen MR) is 73.2 cm³/mol. The minimum absolute atomic E-state index is 0.357. The first kappa shape index (κ1) is 13.8. The fraction of sp³-hybridized carbons (Fsp3) is 0.929. The van der Waals surface area contributed by atoms with Crippen molar-refractivity contribution in [1.82, 2.24) is 9.80 Å². The van der Waals surface area contributed by atoms with E-state index in [1.54, 1.807) is 0 Å². The van der Waals surface area contributed by atoms with E-state index in [2.05, 4.69) is 23.8 Å². The zero-order chi connectivity index (χ0) is 13.1. The molecule has 1 unspecified atom stereocenters. The van der Waals surface area contributed by atoms with Gasteiger partial charge < -0.3 is 15.5 Å². The molecule has 4 nitrogen and oxygen atoms in total. The Kier molecular flexibility index (Phi) is 4.62. The minimum Gasteiger partial charge on any atom is -0.337 e. The van der Waals surface area contributed by atoms with Gasteiger partial charge in [-0.2, -0.15) is 0 Å². The van der Waals surface area contributed by atoms with E-state index in [0.717, 1.165) is 51.7 Å². The molecule has 2 rings (SSSR count). The molecular formula is C14H27N3O. The van der Waals surface area contributed by atoms with Gasteiger partial charge in [-0.05, 0) is 45.6 Å². The van der Waals surface area contributed by atoms with Crippen molar-refractivity contribution in [3.8, 4) is 0 Å². The highest BCUT2D eigenvalue weighted by Crippen LogP contribution is 2.27. The van der Waals surface area contributed by atoms with Crippen molar-refractivity contribution in [2.45, 2.75) is 51.1 Å². The maximum atomic E-state index is 12.3. The number of nitrogens with two attached hydrogens (primary N) is 1. The van der Waals surface area contributed by atoms with Gasteiger partial charge in [-0.15, -0.1) is 0 Å². The van der Waals surface area contributed by atoms with Crippen LogP contribution < -0.4 is 5.73 Å². The molecule has 0 aromatic rings. The molecule has 2 aliphatic rings. The van der Waals surface area contributed by atoms with Crippen LogP contribution >= 0.6 is 0 Å². The van der Waals surface area contributed by atoms with E-state index in [-0.39, 0.29) is 0 Å². The van der Waals surface area contributed by atoms with Gasteiger partial charge in [-0.25, -0.2) is 0 Å². The maximum Gasteiger partial charge on any atom is 0.223 e. The molecule has 0 spiro atoms. The highest BCUT2D eigenvalue weighted by molar-refractivity contribution is 5.77. The van der Waals surface area contributed by atoms with E-state index in [9.17, 15) is 4.79 Å². The van der Waals surface area contributed by atoms with Crippen molar-refractivity contribution in [1.29, 1.82) is 0 Å². The zero-order valence-corrected chi connectivity index (χ0v) is 11.8. The number of piperazine rings is 1. The lowest BCUT2D eigenvalue weighted by atomic mass is 9.84. The fourth-order valence-electron chi connectivity index (χ4n) is 3.27. The zero-order valence-electron chi connectivity index (χ0n) is 11.8. The van der Waals surface area contributed by atoms with Crippen LogP contribution in [-0.2, 0) is 4.79 Å². The van der Waals surface area contributed by atoms with E-state index in [4.69, 9.17) is 5.73 Å². The molecule has 18 heavy (non-hydrogen) atoms. The van der Waals surface area contributed by atoms with Crippen LogP contribution in [0.3, 0.4) is 0 Å². The van der Waals surface area contributed by atoms with Crippen LogP contribution in [0.15, 0.2) is 0 Å². The molecule has 0 bridgehead atoms. The van der Waals surface area contributed by atoms with Crippen molar-refractivity contribution in [3.63, 3.8) is 0 Å². The van der Waals surface area contributed by atoms with Crippen molar-refractivity contribution < 1.29 is 4.79 Å². The van der Waals surface area contributed by atoms with Crippen LogP contribution in [0.25, 0.3) is 0 Å². The van der Waals surface area contributed by atoms with E-state index < -0.39 is 0 Å². The summed E-state index contributed by atoms with van der Waals surface area (Å²) in [5.41, 5.74) is 5.91. The monoisotopic (exact) mass is 253 g/mol. The van der Waals surface area contributed by atoms with Gasteiger partial charge >= 0.3 is 0 Å². The molecular weight excluding hydrogens is 226 g/mol. The molecule has 1 amide bonds. The third kappa shape index (κ3) is 3.45. The predicted octanol–water partition coefficient (Wildman–Crippen LogP) is 1.06. The van der Waals surface area contributed by atoms with E-state index >= 15 is 0 Å². The number of likely N-dealkylation sites (N-methyl/N-ethyl adjacent to an activating group) is 1. The molecule has 0 radical (unpaired) electrons. The van der Waals surface area contributed by atoms with Crippen molar-refractivity contribution >= 4 is 5.91 Å².